The van der Waals surface area contributed by atoms with Crippen molar-refractivity contribution in [1.29, 1.82) is 0 Å². The number of carboxylic acid groups (broad SMARTS) is 1. The first kappa shape index (κ1) is 27.1. The number of thiol groups is 1. The van der Waals surface area contributed by atoms with Crippen molar-refractivity contribution in [1.82, 2.24) is 15.5 Å². The van der Waals surface area contributed by atoms with Crippen molar-refractivity contribution < 1.29 is 29.1 Å². The number of hydrogen-bond donors (Lipinski definition) is 6. The number of carbonyl (C=O) groups is 5. The van der Waals surface area contributed by atoms with E-state index in [0.717, 1.165) is 5.56 Å². The molecule has 1 aromatic rings. The average molecular weight is 494 g/mol. The molecule has 4 atom stereocenters. The van der Waals surface area contributed by atoms with Gasteiger partial charge < -0.3 is 32.1 Å². The SMILES string of the molecule is NC(=O)CCC(NC(=O)C(N)CS)C(=O)NC(Cc1ccccc1)C(=O)N1CCCC1C(=O)O. The van der Waals surface area contributed by atoms with Gasteiger partial charge in [0.05, 0.1) is 6.04 Å². The molecular weight excluding hydrogens is 462 g/mol. The molecular formula is C22H31N5O6S. The Labute approximate surface area is 203 Å². The molecule has 12 heteroatoms. The Kier molecular flexibility index (Phi) is 10.3. The van der Waals surface area contributed by atoms with Crippen LogP contribution in [0, 0.1) is 0 Å². The van der Waals surface area contributed by atoms with Crippen LogP contribution in [0.15, 0.2) is 30.3 Å². The van der Waals surface area contributed by atoms with Gasteiger partial charge in [0, 0.05) is 25.1 Å². The number of aliphatic carboxylic acids is 1. The van der Waals surface area contributed by atoms with E-state index in [1.807, 2.05) is 0 Å². The number of nitrogens with two attached hydrogens (primary N) is 2. The van der Waals surface area contributed by atoms with Crippen molar-refractivity contribution in [2.75, 3.05) is 12.3 Å². The van der Waals surface area contributed by atoms with E-state index in [9.17, 15) is 29.1 Å². The van der Waals surface area contributed by atoms with Crippen LogP contribution in [0.5, 0.6) is 0 Å². The summed E-state index contributed by atoms with van der Waals surface area (Å²) in [4.78, 5) is 62.8. The summed E-state index contributed by atoms with van der Waals surface area (Å²) in [6.07, 6.45) is 0.694. The molecule has 4 amide bonds. The summed E-state index contributed by atoms with van der Waals surface area (Å²) in [7, 11) is 0. The lowest BCUT2D eigenvalue weighted by Crippen LogP contribution is -2.58. The van der Waals surface area contributed by atoms with E-state index >= 15 is 0 Å². The third-order valence-corrected chi connectivity index (χ3v) is 5.96. The van der Waals surface area contributed by atoms with Gasteiger partial charge in [-0.3, -0.25) is 19.2 Å². The van der Waals surface area contributed by atoms with Gasteiger partial charge in [-0.05, 0) is 24.8 Å². The highest BCUT2D eigenvalue weighted by Gasteiger charge is 2.38. The highest BCUT2D eigenvalue weighted by Crippen LogP contribution is 2.20. The molecule has 0 radical (unpaired) electrons. The lowest BCUT2D eigenvalue weighted by Gasteiger charge is -2.29. The Morgan fingerprint density at radius 1 is 1.09 bits per heavy atom. The van der Waals surface area contributed by atoms with Gasteiger partial charge in [-0.2, -0.15) is 12.6 Å². The molecule has 0 aromatic heterocycles. The second kappa shape index (κ2) is 12.9. The molecule has 11 nitrogen and oxygen atoms in total. The Morgan fingerprint density at radius 2 is 1.74 bits per heavy atom. The highest BCUT2D eigenvalue weighted by molar-refractivity contribution is 7.80. The molecule has 1 aliphatic heterocycles. The van der Waals surface area contributed by atoms with Crippen molar-refractivity contribution >= 4 is 42.2 Å². The number of nitrogens with one attached hydrogen (secondary N) is 2. The maximum absolute atomic E-state index is 13.3. The zero-order valence-electron chi connectivity index (χ0n) is 18.7. The van der Waals surface area contributed by atoms with Gasteiger partial charge in [-0.15, -0.1) is 0 Å². The van der Waals surface area contributed by atoms with Gasteiger partial charge in [-0.25, -0.2) is 4.79 Å². The highest BCUT2D eigenvalue weighted by atomic mass is 32.1. The minimum absolute atomic E-state index is 0.0383. The topological polar surface area (TPSA) is 185 Å². The summed E-state index contributed by atoms with van der Waals surface area (Å²) in [5.74, 6) is -3.62. The van der Waals surface area contributed by atoms with Crippen molar-refractivity contribution in [3.63, 3.8) is 0 Å². The molecule has 1 saturated heterocycles. The molecule has 1 fully saturated rings. The minimum Gasteiger partial charge on any atom is -0.480 e. The first-order chi connectivity index (χ1) is 16.1. The normalized spacial score (nSPS) is 17.9. The number of carboxylic acids is 1. The third kappa shape index (κ3) is 7.73. The number of rotatable bonds is 12. The zero-order valence-corrected chi connectivity index (χ0v) is 19.6. The van der Waals surface area contributed by atoms with Gasteiger partial charge in [-0.1, -0.05) is 30.3 Å². The molecule has 0 bridgehead atoms. The molecule has 2 rings (SSSR count). The zero-order chi connectivity index (χ0) is 25.3. The molecule has 7 N–H and O–H groups in total. The maximum atomic E-state index is 13.3. The molecule has 0 aliphatic carbocycles. The van der Waals surface area contributed by atoms with Crippen LogP contribution in [-0.2, 0) is 30.4 Å². The van der Waals surface area contributed by atoms with Crippen LogP contribution in [0.2, 0.25) is 0 Å². The fourth-order valence-corrected chi connectivity index (χ4v) is 3.89. The van der Waals surface area contributed by atoms with E-state index in [1.165, 1.54) is 4.90 Å². The summed E-state index contributed by atoms with van der Waals surface area (Å²) >= 11 is 3.97. The van der Waals surface area contributed by atoms with Crippen molar-refractivity contribution in [2.45, 2.75) is 56.3 Å². The lowest BCUT2D eigenvalue weighted by atomic mass is 10.0. The van der Waals surface area contributed by atoms with Crippen LogP contribution in [0.25, 0.3) is 0 Å². The number of likely N-dealkylation sites (tertiary alicyclic amines) is 1. The molecule has 4 unspecified atom stereocenters. The maximum Gasteiger partial charge on any atom is 0.326 e. The van der Waals surface area contributed by atoms with Crippen LogP contribution in [0.1, 0.15) is 31.2 Å². The van der Waals surface area contributed by atoms with E-state index in [2.05, 4.69) is 23.3 Å². The molecule has 34 heavy (non-hydrogen) atoms. The summed E-state index contributed by atoms with van der Waals surface area (Å²) in [6, 6.07) is 4.72. The van der Waals surface area contributed by atoms with Crippen LogP contribution in [-0.4, -0.2) is 76.1 Å². The van der Waals surface area contributed by atoms with Crippen molar-refractivity contribution in [3.8, 4) is 0 Å². The lowest BCUT2D eigenvalue weighted by molar-refractivity contribution is -0.149. The average Bonchev–Trinajstić information content (AvgIpc) is 3.31. The van der Waals surface area contributed by atoms with Crippen LogP contribution in [0.4, 0.5) is 0 Å². The molecule has 0 saturated carbocycles. The van der Waals surface area contributed by atoms with Crippen molar-refractivity contribution in [2.24, 2.45) is 11.5 Å². The standard InChI is InChI=1S/C22H31N5O6S/c23-14(12-34)19(29)25-15(8-9-18(24)28)20(30)26-16(11-13-5-2-1-3-6-13)21(31)27-10-4-7-17(27)22(32)33/h1-3,5-6,14-17,34H,4,7-12,23H2,(H2,24,28)(H,25,29)(H,26,30)(H,32,33). The van der Waals surface area contributed by atoms with Crippen LogP contribution >= 0.6 is 12.6 Å². The first-order valence-corrected chi connectivity index (χ1v) is 11.6. The van der Waals surface area contributed by atoms with Gasteiger partial charge in [0.2, 0.25) is 23.6 Å². The fourth-order valence-electron chi connectivity index (χ4n) is 3.73. The number of carbonyl (C=O) groups excluding carboxylic acids is 4. The largest absolute Gasteiger partial charge is 0.480 e. The smallest absolute Gasteiger partial charge is 0.326 e. The van der Waals surface area contributed by atoms with E-state index in [-0.39, 0.29) is 31.6 Å². The van der Waals surface area contributed by atoms with E-state index < -0.39 is 53.8 Å². The van der Waals surface area contributed by atoms with Gasteiger partial charge in [0.15, 0.2) is 0 Å². The minimum atomic E-state index is -1.18. The predicted molar refractivity (Wildman–Crippen MR) is 127 cm³/mol. The first-order valence-electron chi connectivity index (χ1n) is 11.0. The molecule has 1 aliphatic rings. The van der Waals surface area contributed by atoms with E-state index in [0.29, 0.717) is 12.8 Å². The van der Waals surface area contributed by atoms with Crippen molar-refractivity contribution in [3.05, 3.63) is 35.9 Å². The second-order valence-corrected chi connectivity index (χ2v) is 8.50. The van der Waals surface area contributed by atoms with Gasteiger partial charge in [0.1, 0.15) is 18.1 Å². The Bertz CT molecular complexity index is 899. The quantitative estimate of drug-likeness (QED) is 0.197. The van der Waals surface area contributed by atoms with Gasteiger partial charge >= 0.3 is 5.97 Å². The number of amides is 4. The summed E-state index contributed by atoms with van der Waals surface area (Å²) in [5, 5.41) is 14.6. The molecule has 1 heterocycles. The number of nitrogens with zero attached hydrogens (tertiary/aromatic N) is 1. The van der Waals surface area contributed by atoms with Crippen LogP contribution in [0.3, 0.4) is 0 Å². The summed E-state index contributed by atoms with van der Waals surface area (Å²) < 4.78 is 0. The van der Waals surface area contributed by atoms with E-state index in [4.69, 9.17) is 11.5 Å². The Hall–Kier alpha value is -3.12. The summed E-state index contributed by atoms with van der Waals surface area (Å²) in [6.45, 7) is 0.260. The Morgan fingerprint density at radius 3 is 2.32 bits per heavy atom. The van der Waals surface area contributed by atoms with Crippen LogP contribution < -0.4 is 22.1 Å². The summed E-state index contributed by atoms with van der Waals surface area (Å²) in [5.41, 5.74) is 11.6. The Balaban J connectivity index is 2.25. The van der Waals surface area contributed by atoms with E-state index in [1.54, 1.807) is 30.3 Å². The molecule has 1 aromatic carbocycles. The predicted octanol–water partition coefficient (Wildman–Crippen LogP) is -1.20. The molecule has 186 valence electrons. The fraction of sp³-hybridized carbons (Fsp3) is 0.500. The van der Waals surface area contributed by atoms with Gasteiger partial charge in [0.25, 0.3) is 0 Å². The second-order valence-electron chi connectivity index (χ2n) is 8.13. The number of hydrogen-bond acceptors (Lipinski definition) is 7. The number of primary amides is 1. The number of benzene rings is 1. The monoisotopic (exact) mass is 493 g/mol. The third-order valence-electron chi connectivity index (χ3n) is 5.56. The molecule has 0 spiro atoms.